The molecule has 0 saturated heterocycles. The summed E-state index contributed by atoms with van der Waals surface area (Å²) in [5, 5.41) is 17.5. The highest BCUT2D eigenvalue weighted by atomic mass is 16.1. The van der Waals surface area contributed by atoms with E-state index in [9.17, 15) is 10.1 Å². The van der Waals surface area contributed by atoms with Crippen molar-refractivity contribution in [1.29, 1.82) is 5.26 Å². The third-order valence-electron chi connectivity index (χ3n) is 4.43. The summed E-state index contributed by atoms with van der Waals surface area (Å²) >= 11 is 0. The lowest BCUT2D eigenvalue weighted by Gasteiger charge is -2.10. The minimum absolute atomic E-state index is 0.178. The zero-order valence-corrected chi connectivity index (χ0v) is 15.0. The lowest BCUT2D eigenvalue weighted by atomic mass is 10.1. The van der Waals surface area contributed by atoms with Gasteiger partial charge in [0.2, 0.25) is 5.91 Å². The van der Waals surface area contributed by atoms with Crippen molar-refractivity contribution < 1.29 is 4.79 Å². The number of nitrogens with one attached hydrogen (secondary N) is 1. The topological polar surface area (TPSA) is 83.6 Å². The molecule has 6 nitrogen and oxygen atoms in total. The number of nitriles is 1. The Morgan fingerprint density at radius 1 is 1.04 bits per heavy atom. The molecule has 0 fully saturated rings. The van der Waals surface area contributed by atoms with E-state index < -0.39 is 0 Å². The van der Waals surface area contributed by atoms with Gasteiger partial charge in [-0.1, -0.05) is 48.5 Å². The second-order valence-corrected chi connectivity index (χ2v) is 6.33. The summed E-state index contributed by atoms with van der Waals surface area (Å²) in [4.78, 5) is 17.1. The molecule has 0 aliphatic rings. The quantitative estimate of drug-likeness (QED) is 0.580. The van der Waals surface area contributed by atoms with E-state index in [2.05, 4.69) is 21.5 Å². The van der Waals surface area contributed by atoms with Gasteiger partial charge >= 0.3 is 0 Å². The number of anilines is 1. The second kappa shape index (κ2) is 7.72. The number of para-hydroxylation sites is 1. The lowest BCUT2D eigenvalue weighted by Crippen LogP contribution is -2.16. The number of hydrogen-bond donors (Lipinski definition) is 1. The number of fused-ring (bicyclic) bond motifs is 1. The zero-order valence-electron chi connectivity index (χ0n) is 15.0. The van der Waals surface area contributed by atoms with E-state index in [0.29, 0.717) is 30.0 Å². The maximum Gasteiger partial charge on any atom is 0.225 e. The molecule has 0 spiro atoms. The number of hydrogen-bond acceptors (Lipinski definition) is 4. The van der Waals surface area contributed by atoms with E-state index in [1.165, 1.54) is 10.9 Å². The van der Waals surface area contributed by atoms with Crippen LogP contribution in [0.15, 0.2) is 72.9 Å². The van der Waals surface area contributed by atoms with Crippen LogP contribution in [0.1, 0.15) is 17.5 Å². The van der Waals surface area contributed by atoms with Crippen LogP contribution >= 0.6 is 0 Å². The van der Waals surface area contributed by atoms with E-state index in [1.54, 1.807) is 0 Å². The van der Waals surface area contributed by atoms with Crippen LogP contribution in [-0.4, -0.2) is 20.7 Å². The van der Waals surface area contributed by atoms with Gasteiger partial charge < -0.3 is 5.32 Å². The highest BCUT2D eigenvalue weighted by Gasteiger charge is 2.16. The van der Waals surface area contributed by atoms with Crippen molar-refractivity contribution in [3.8, 4) is 11.9 Å². The van der Waals surface area contributed by atoms with E-state index in [0.717, 1.165) is 16.5 Å². The van der Waals surface area contributed by atoms with Crippen LogP contribution < -0.4 is 5.32 Å². The standard InChI is InChI=1S/C22H17N5O/c23-14-18-15-24-27(20-12-11-17-8-4-5-9-19(17)25-20)22(18)26-21(28)13-10-16-6-2-1-3-7-16/h1-9,11-12,15H,10,13H2,(H,26,28). The molecule has 6 heteroatoms. The highest BCUT2D eigenvalue weighted by molar-refractivity contribution is 5.91. The molecule has 0 unspecified atom stereocenters. The predicted octanol–water partition coefficient (Wildman–Crippen LogP) is 3.86. The van der Waals surface area contributed by atoms with Gasteiger partial charge in [-0.25, -0.2) is 4.98 Å². The average Bonchev–Trinajstić information content (AvgIpc) is 3.15. The minimum atomic E-state index is -0.178. The first-order chi connectivity index (χ1) is 13.7. The van der Waals surface area contributed by atoms with Crippen molar-refractivity contribution in [1.82, 2.24) is 14.8 Å². The average molecular weight is 367 g/mol. The molecule has 1 amide bonds. The predicted molar refractivity (Wildman–Crippen MR) is 107 cm³/mol. The number of rotatable bonds is 5. The molecule has 0 radical (unpaired) electrons. The molecule has 2 heterocycles. The summed E-state index contributed by atoms with van der Waals surface area (Å²) in [6, 6.07) is 23.4. The maximum atomic E-state index is 12.5. The summed E-state index contributed by atoms with van der Waals surface area (Å²) in [7, 11) is 0. The van der Waals surface area contributed by atoms with Crippen LogP contribution in [0.25, 0.3) is 16.7 Å². The van der Waals surface area contributed by atoms with Gasteiger partial charge in [0, 0.05) is 11.8 Å². The summed E-state index contributed by atoms with van der Waals surface area (Å²) in [6.45, 7) is 0. The van der Waals surface area contributed by atoms with Gasteiger partial charge in [0.1, 0.15) is 11.6 Å². The Bertz CT molecular complexity index is 1170. The SMILES string of the molecule is N#Cc1cnn(-c2ccc3ccccc3n2)c1NC(=O)CCc1ccccc1. The molecule has 2 aromatic heterocycles. The largest absolute Gasteiger partial charge is 0.309 e. The third-order valence-corrected chi connectivity index (χ3v) is 4.43. The molecule has 0 aliphatic heterocycles. The van der Waals surface area contributed by atoms with E-state index in [4.69, 9.17) is 0 Å². The number of carbonyl (C=O) groups is 1. The maximum absolute atomic E-state index is 12.5. The van der Waals surface area contributed by atoms with E-state index in [-0.39, 0.29) is 5.91 Å². The van der Waals surface area contributed by atoms with Crippen LogP contribution in [0.4, 0.5) is 5.82 Å². The molecular weight excluding hydrogens is 350 g/mol. The highest BCUT2D eigenvalue weighted by Crippen LogP contribution is 2.21. The van der Waals surface area contributed by atoms with Crippen molar-refractivity contribution in [2.75, 3.05) is 5.32 Å². The van der Waals surface area contributed by atoms with Gasteiger partial charge in [-0.15, -0.1) is 0 Å². The number of aryl methyl sites for hydroxylation is 1. The first-order valence-electron chi connectivity index (χ1n) is 8.92. The van der Waals surface area contributed by atoms with Gasteiger partial charge in [-0.2, -0.15) is 15.0 Å². The van der Waals surface area contributed by atoms with Crippen LogP contribution in [-0.2, 0) is 11.2 Å². The molecular formula is C22H17N5O. The smallest absolute Gasteiger partial charge is 0.225 e. The number of aromatic nitrogens is 3. The summed E-state index contributed by atoms with van der Waals surface area (Å²) in [5.74, 6) is 0.699. The molecule has 28 heavy (non-hydrogen) atoms. The summed E-state index contributed by atoms with van der Waals surface area (Å²) in [6.07, 6.45) is 2.37. The van der Waals surface area contributed by atoms with Crippen LogP contribution in [0.3, 0.4) is 0 Å². The Morgan fingerprint density at radius 3 is 2.64 bits per heavy atom. The van der Waals surface area contributed by atoms with Crippen LogP contribution in [0, 0.1) is 11.3 Å². The van der Waals surface area contributed by atoms with E-state index >= 15 is 0 Å². The first-order valence-corrected chi connectivity index (χ1v) is 8.92. The fourth-order valence-corrected chi connectivity index (χ4v) is 2.99. The third kappa shape index (κ3) is 3.60. The molecule has 1 N–H and O–H groups in total. The summed E-state index contributed by atoms with van der Waals surface area (Å²) in [5.41, 5.74) is 2.20. The van der Waals surface area contributed by atoms with Crippen molar-refractivity contribution in [3.63, 3.8) is 0 Å². The molecule has 4 aromatic rings. The fourth-order valence-electron chi connectivity index (χ4n) is 2.99. The van der Waals surface area contributed by atoms with Gasteiger partial charge in [0.15, 0.2) is 11.6 Å². The fraction of sp³-hybridized carbons (Fsp3) is 0.0909. The molecule has 0 atom stereocenters. The Morgan fingerprint density at radius 2 is 1.82 bits per heavy atom. The molecule has 0 saturated carbocycles. The van der Waals surface area contributed by atoms with Crippen molar-refractivity contribution in [2.45, 2.75) is 12.8 Å². The van der Waals surface area contributed by atoms with E-state index in [1.807, 2.05) is 66.7 Å². The first kappa shape index (κ1) is 17.4. The number of carbonyl (C=O) groups excluding carboxylic acids is 1. The molecule has 136 valence electrons. The molecule has 0 bridgehead atoms. The van der Waals surface area contributed by atoms with Crippen molar-refractivity contribution in [3.05, 3.63) is 84.1 Å². The molecule has 4 rings (SSSR count). The van der Waals surface area contributed by atoms with Gasteiger partial charge in [-0.3, -0.25) is 4.79 Å². The Labute approximate surface area is 162 Å². The van der Waals surface area contributed by atoms with Gasteiger partial charge in [-0.05, 0) is 30.2 Å². The number of amides is 1. The number of benzene rings is 2. The van der Waals surface area contributed by atoms with Gasteiger partial charge in [0.25, 0.3) is 0 Å². The molecule has 2 aromatic carbocycles. The molecule has 0 aliphatic carbocycles. The van der Waals surface area contributed by atoms with Crippen molar-refractivity contribution >= 4 is 22.6 Å². The Balaban J connectivity index is 1.59. The van der Waals surface area contributed by atoms with Gasteiger partial charge in [0.05, 0.1) is 11.7 Å². The number of pyridine rings is 1. The van der Waals surface area contributed by atoms with Crippen molar-refractivity contribution in [2.24, 2.45) is 0 Å². The Kier molecular flexibility index (Phi) is 4.81. The second-order valence-electron chi connectivity index (χ2n) is 6.33. The normalized spacial score (nSPS) is 10.5. The van der Waals surface area contributed by atoms with Crippen LogP contribution in [0.5, 0.6) is 0 Å². The summed E-state index contributed by atoms with van der Waals surface area (Å²) < 4.78 is 1.49. The monoisotopic (exact) mass is 367 g/mol. The lowest BCUT2D eigenvalue weighted by molar-refractivity contribution is -0.116. The Hall–Kier alpha value is -3.98. The zero-order chi connectivity index (χ0) is 19.3. The number of nitrogens with zero attached hydrogens (tertiary/aromatic N) is 4. The minimum Gasteiger partial charge on any atom is -0.309 e. The van der Waals surface area contributed by atoms with Crippen LogP contribution in [0.2, 0.25) is 0 Å².